The molecule has 0 aliphatic rings. The highest BCUT2D eigenvalue weighted by atomic mass is 16.3. The zero-order valence-corrected chi connectivity index (χ0v) is 20.9. The van der Waals surface area contributed by atoms with Crippen LogP contribution in [-0.2, 0) is 0 Å². The van der Waals surface area contributed by atoms with E-state index in [9.17, 15) is 0 Å². The Morgan fingerprint density at radius 3 is 1.85 bits per heavy atom. The molecule has 3 aromatic heterocycles. The molecule has 39 heavy (non-hydrogen) atoms. The van der Waals surface area contributed by atoms with E-state index >= 15 is 0 Å². The first-order valence-electron chi connectivity index (χ1n) is 13.2. The number of hydrogen-bond acceptors (Lipinski definition) is 2. The number of nitrogens with zero attached hydrogens (tertiary/aromatic N) is 1. The molecule has 9 aromatic rings. The SMILES string of the molecule is c1ccc2c(c1)oc1ccc(-c3ccc(-n4c5ccccc5c5c6c(ccc54)oc4ccccc46)cc3)cc12. The third kappa shape index (κ3) is 2.87. The molecule has 9 rings (SSSR count). The maximum Gasteiger partial charge on any atom is 0.136 e. The van der Waals surface area contributed by atoms with Crippen molar-refractivity contribution in [2.75, 3.05) is 0 Å². The Hall–Kier alpha value is -5.28. The predicted octanol–water partition coefficient (Wildman–Crippen LogP) is 10.2. The van der Waals surface area contributed by atoms with Crippen molar-refractivity contribution < 1.29 is 8.83 Å². The van der Waals surface area contributed by atoms with Crippen LogP contribution in [0.4, 0.5) is 0 Å². The van der Waals surface area contributed by atoms with Crippen LogP contribution in [0, 0.1) is 0 Å². The fourth-order valence-electron chi connectivity index (χ4n) is 6.26. The fourth-order valence-corrected chi connectivity index (χ4v) is 6.26. The first-order chi connectivity index (χ1) is 19.3. The van der Waals surface area contributed by atoms with Crippen molar-refractivity contribution >= 4 is 65.7 Å². The lowest BCUT2D eigenvalue weighted by molar-refractivity contribution is 0.668. The zero-order valence-electron chi connectivity index (χ0n) is 20.9. The van der Waals surface area contributed by atoms with Gasteiger partial charge < -0.3 is 13.4 Å². The number of fused-ring (bicyclic) bond motifs is 10. The molecule has 0 aliphatic carbocycles. The van der Waals surface area contributed by atoms with E-state index in [1.807, 2.05) is 24.3 Å². The molecular weight excluding hydrogens is 478 g/mol. The van der Waals surface area contributed by atoms with Gasteiger partial charge in [-0.1, -0.05) is 72.8 Å². The van der Waals surface area contributed by atoms with E-state index in [0.717, 1.165) is 44.2 Å². The van der Waals surface area contributed by atoms with Crippen LogP contribution < -0.4 is 0 Å². The molecule has 0 spiro atoms. The molecule has 0 fully saturated rings. The second-order valence-corrected chi connectivity index (χ2v) is 10.1. The summed E-state index contributed by atoms with van der Waals surface area (Å²) in [7, 11) is 0. The summed E-state index contributed by atoms with van der Waals surface area (Å²) in [5, 5.41) is 7.08. The van der Waals surface area contributed by atoms with Crippen LogP contribution in [0.1, 0.15) is 0 Å². The maximum absolute atomic E-state index is 6.22. The third-order valence-electron chi connectivity index (χ3n) is 8.01. The summed E-state index contributed by atoms with van der Waals surface area (Å²) in [6.07, 6.45) is 0. The summed E-state index contributed by atoms with van der Waals surface area (Å²) in [4.78, 5) is 0. The summed E-state index contributed by atoms with van der Waals surface area (Å²) < 4.78 is 14.6. The number of furan rings is 2. The lowest BCUT2D eigenvalue weighted by atomic mass is 10.0. The van der Waals surface area contributed by atoms with Crippen molar-refractivity contribution in [2.24, 2.45) is 0 Å². The van der Waals surface area contributed by atoms with Crippen LogP contribution in [-0.4, -0.2) is 4.57 Å². The number of hydrogen-bond donors (Lipinski definition) is 0. The molecule has 0 amide bonds. The smallest absolute Gasteiger partial charge is 0.136 e. The molecular formula is C36H21NO2. The van der Waals surface area contributed by atoms with E-state index in [2.05, 4.69) is 108 Å². The van der Waals surface area contributed by atoms with E-state index in [-0.39, 0.29) is 0 Å². The van der Waals surface area contributed by atoms with E-state index < -0.39 is 0 Å². The van der Waals surface area contributed by atoms with E-state index in [4.69, 9.17) is 8.83 Å². The lowest BCUT2D eigenvalue weighted by Gasteiger charge is -2.09. The standard InChI is InChI=1S/C36H21NO2/c1-4-10-29-26(8-1)35-30(18-20-34-36(35)27-9-3-6-12-32(27)39-34)37(29)24-16-13-22(14-17-24)23-15-19-33-28(21-23)25-7-2-5-11-31(25)38-33/h1-21H. The molecule has 0 N–H and O–H groups in total. The van der Waals surface area contributed by atoms with E-state index in [1.165, 1.54) is 38.3 Å². The Labute approximate surface area is 223 Å². The highest BCUT2D eigenvalue weighted by Gasteiger charge is 2.18. The average molecular weight is 500 g/mol. The Bertz CT molecular complexity index is 2380. The third-order valence-corrected chi connectivity index (χ3v) is 8.01. The lowest BCUT2D eigenvalue weighted by Crippen LogP contribution is -1.93. The predicted molar refractivity (Wildman–Crippen MR) is 161 cm³/mol. The molecule has 3 heterocycles. The molecule has 6 aromatic carbocycles. The largest absolute Gasteiger partial charge is 0.456 e. The number of rotatable bonds is 2. The van der Waals surface area contributed by atoms with Gasteiger partial charge in [-0.3, -0.25) is 0 Å². The molecule has 0 radical (unpaired) electrons. The second kappa shape index (κ2) is 7.62. The molecule has 182 valence electrons. The van der Waals surface area contributed by atoms with Gasteiger partial charge in [-0.05, 0) is 65.7 Å². The monoisotopic (exact) mass is 499 g/mol. The Kier molecular flexibility index (Phi) is 4.05. The molecule has 0 unspecified atom stereocenters. The van der Waals surface area contributed by atoms with Gasteiger partial charge in [0.2, 0.25) is 0 Å². The van der Waals surface area contributed by atoms with Crippen molar-refractivity contribution in [3.8, 4) is 16.8 Å². The topological polar surface area (TPSA) is 31.2 Å². The van der Waals surface area contributed by atoms with Crippen molar-refractivity contribution in [1.82, 2.24) is 4.57 Å². The van der Waals surface area contributed by atoms with Gasteiger partial charge in [0, 0.05) is 38.0 Å². The maximum atomic E-state index is 6.22. The second-order valence-electron chi connectivity index (χ2n) is 10.1. The van der Waals surface area contributed by atoms with Gasteiger partial charge in [0.1, 0.15) is 22.3 Å². The van der Waals surface area contributed by atoms with Gasteiger partial charge in [-0.25, -0.2) is 0 Å². The summed E-state index contributed by atoms with van der Waals surface area (Å²) in [6.45, 7) is 0. The highest BCUT2D eigenvalue weighted by Crippen LogP contribution is 2.41. The molecule has 0 bridgehead atoms. The molecule has 0 saturated carbocycles. The van der Waals surface area contributed by atoms with Crippen LogP contribution >= 0.6 is 0 Å². The van der Waals surface area contributed by atoms with Crippen molar-refractivity contribution in [3.05, 3.63) is 127 Å². The van der Waals surface area contributed by atoms with Gasteiger partial charge >= 0.3 is 0 Å². The number of aromatic nitrogens is 1. The van der Waals surface area contributed by atoms with Crippen LogP contribution in [0.25, 0.3) is 82.5 Å². The van der Waals surface area contributed by atoms with Gasteiger partial charge in [-0.15, -0.1) is 0 Å². The minimum Gasteiger partial charge on any atom is -0.456 e. The van der Waals surface area contributed by atoms with Gasteiger partial charge in [0.05, 0.1) is 11.0 Å². The first kappa shape index (κ1) is 20.7. The van der Waals surface area contributed by atoms with Gasteiger partial charge in [-0.2, -0.15) is 0 Å². The molecule has 0 saturated heterocycles. The zero-order chi connectivity index (χ0) is 25.5. The summed E-state index contributed by atoms with van der Waals surface area (Å²) in [6, 6.07) is 44.8. The average Bonchev–Trinajstić information content (AvgIpc) is 3.66. The fraction of sp³-hybridized carbons (Fsp3) is 0. The van der Waals surface area contributed by atoms with E-state index in [1.54, 1.807) is 0 Å². The summed E-state index contributed by atoms with van der Waals surface area (Å²) in [5.41, 5.74) is 9.52. The minimum atomic E-state index is 0.917. The summed E-state index contributed by atoms with van der Waals surface area (Å²) >= 11 is 0. The van der Waals surface area contributed by atoms with Crippen molar-refractivity contribution in [3.63, 3.8) is 0 Å². The molecule has 3 heteroatoms. The summed E-state index contributed by atoms with van der Waals surface area (Å²) in [5.74, 6) is 0. The van der Waals surface area contributed by atoms with E-state index in [0.29, 0.717) is 0 Å². The molecule has 3 nitrogen and oxygen atoms in total. The van der Waals surface area contributed by atoms with Crippen LogP contribution in [0.3, 0.4) is 0 Å². The Morgan fingerprint density at radius 2 is 1.00 bits per heavy atom. The Morgan fingerprint density at radius 1 is 0.385 bits per heavy atom. The highest BCUT2D eigenvalue weighted by molar-refractivity contribution is 6.27. The van der Waals surface area contributed by atoms with Crippen molar-refractivity contribution in [1.29, 1.82) is 0 Å². The van der Waals surface area contributed by atoms with Gasteiger partial charge in [0.25, 0.3) is 0 Å². The van der Waals surface area contributed by atoms with Crippen LogP contribution in [0.5, 0.6) is 0 Å². The van der Waals surface area contributed by atoms with Crippen molar-refractivity contribution in [2.45, 2.75) is 0 Å². The normalized spacial score (nSPS) is 12.1. The molecule has 0 atom stereocenters. The Balaban J connectivity index is 1.25. The molecule has 0 aliphatic heterocycles. The first-order valence-corrected chi connectivity index (χ1v) is 13.2. The quantitative estimate of drug-likeness (QED) is 0.237. The number of para-hydroxylation sites is 3. The van der Waals surface area contributed by atoms with Gasteiger partial charge in [0.15, 0.2) is 0 Å². The van der Waals surface area contributed by atoms with Crippen LogP contribution in [0.15, 0.2) is 136 Å². The minimum absolute atomic E-state index is 0.917. The van der Waals surface area contributed by atoms with Crippen LogP contribution in [0.2, 0.25) is 0 Å². The number of benzene rings is 6.